The van der Waals surface area contributed by atoms with Gasteiger partial charge in [0, 0.05) is 6.54 Å². The predicted molar refractivity (Wildman–Crippen MR) is 64.8 cm³/mol. The third-order valence-corrected chi connectivity index (χ3v) is 2.84. The number of hydrogen-bond acceptors (Lipinski definition) is 2. The molecule has 0 spiro atoms. The van der Waals surface area contributed by atoms with E-state index < -0.39 is 0 Å². The van der Waals surface area contributed by atoms with Crippen LogP contribution in [0.5, 0.6) is 0 Å². The minimum atomic E-state index is 0.256. The molecule has 1 heterocycles. The second-order valence-corrected chi connectivity index (χ2v) is 4.73. The van der Waals surface area contributed by atoms with Gasteiger partial charge in [-0.25, -0.2) is 0 Å². The molecule has 0 aromatic carbocycles. The standard InChI is InChI=1S/C11H19BrN2O/c1-4-5-6-14-11(8-15-9(2)3)10(12)7-13-14/h7,9H,4-6,8H2,1-3H3. The fourth-order valence-corrected chi connectivity index (χ4v) is 1.69. The van der Waals surface area contributed by atoms with E-state index in [-0.39, 0.29) is 6.10 Å². The molecule has 0 aliphatic rings. The highest BCUT2D eigenvalue weighted by atomic mass is 79.9. The van der Waals surface area contributed by atoms with E-state index in [2.05, 4.69) is 28.0 Å². The van der Waals surface area contributed by atoms with E-state index in [0.717, 1.165) is 23.1 Å². The van der Waals surface area contributed by atoms with Crippen molar-refractivity contribution in [2.24, 2.45) is 0 Å². The van der Waals surface area contributed by atoms with Gasteiger partial charge in [0.15, 0.2) is 0 Å². The average Bonchev–Trinajstić information content (AvgIpc) is 2.53. The Morgan fingerprint density at radius 3 is 2.87 bits per heavy atom. The van der Waals surface area contributed by atoms with Crippen molar-refractivity contribution in [2.75, 3.05) is 0 Å². The summed E-state index contributed by atoms with van der Waals surface area (Å²) in [5.41, 5.74) is 1.14. The zero-order chi connectivity index (χ0) is 11.3. The number of aryl methyl sites for hydroxylation is 1. The molecule has 0 amide bonds. The van der Waals surface area contributed by atoms with Crippen molar-refractivity contribution < 1.29 is 4.74 Å². The summed E-state index contributed by atoms with van der Waals surface area (Å²) < 4.78 is 8.66. The largest absolute Gasteiger partial charge is 0.372 e. The van der Waals surface area contributed by atoms with Crippen LogP contribution in [0.3, 0.4) is 0 Å². The van der Waals surface area contributed by atoms with Crippen LogP contribution < -0.4 is 0 Å². The van der Waals surface area contributed by atoms with Crippen molar-refractivity contribution >= 4 is 15.9 Å². The van der Waals surface area contributed by atoms with Gasteiger partial charge in [0.2, 0.25) is 0 Å². The van der Waals surface area contributed by atoms with E-state index in [0.29, 0.717) is 6.61 Å². The highest BCUT2D eigenvalue weighted by Crippen LogP contribution is 2.18. The lowest BCUT2D eigenvalue weighted by atomic mass is 10.3. The van der Waals surface area contributed by atoms with Gasteiger partial charge in [-0.2, -0.15) is 5.10 Å². The second kappa shape index (κ2) is 6.28. The third kappa shape index (κ3) is 3.95. The summed E-state index contributed by atoms with van der Waals surface area (Å²) in [6, 6.07) is 0. The first-order chi connectivity index (χ1) is 7.15. The molecule has 0 radical (unpaired) electrons. The summed E-state index contributed by atoms with van der Waals surface area (Å²) in [6.45, 7) is 7.87. The van der Waals surface area contributed by atoms with Gasteiger partial charge in [-0.1, -0.05) is 13.3 Å². The van der Waals surface area contributed by atoms with Crippen LogP contribution in [0.1, 0.15) is 39.3 Å². The molecular formula is C11H19BrN2O. The Labute approximate surface area is 99.9 Å². The minimum absolute atomic E-state index is 0.256. The molecule has 15 heavy (non-hydrogen) atoms. The van der Waals surface area contributed by atoms with Crippen LogP contribution in [0.15, 0.2) is 10.7 Å². The third-order valence-electron chi connectivity index (χ3n) is 2.17. The lowest BCUT2D eigenvalue weighted by Gasteiger charge is -2.10. The first-order valence-corrected chi connectivity index (χ1v) is 6.26. The summed E-state index contributed by atoms with van der Waals surface area (Å²) >= 11 is 3.50. The maximum absolute atomic E-state index is 5.60. The number of hydrogen-bond donors (Lipinski definition) is 0. The maximum Gasteiger partial charge on any atom is 0.0899 e. The molecule has 0 N–H and O–H groups in total. The van der Waals surface area contributed by atoms with Crippen molar-refractivity contribution in [3.8, 4) is 0 Å². The number of rotatable bonds is 6. The molecule has 0 aliphatic carbocycles. The molecule has 86 valence electrons. The lowest BCUT2D eigenvalue weighted by Crippen LogP contribution is -2.09. The Hall–Kier alpha value is -0.350. The van der Waals surface area contributed by atoms with E-state index in [4.69, 9.17) is 4.74 Å². The topological polar surface area (TPSA) is 27.1 Å². The van der Waals surface area contributed by atoms with Crippen molar-refractivity contribution in [1.82, 2.24) is 9.78 Å². The van der Waals surface area contributed by atoms with Crippen LogP contribution in [0.4, 0.5) is 0 Å². The Balaban J connectivity index is 2.62. The number of aromatic nitrogens is 2. The molecule has 1 rings (SSSR count). The molecule has 0 fully saturated rings. The fraction of sp³-hybridized carbons (Fsp3) is 0.727. The van der Waals surface area contributed by atoms with Gasteiger partial charge in [0.05, 0.1) is 29.1 Å². The van der Waals surface area contributed by atoms with E-state index >= 15 is 0 Å². The molecule has 0 aliphatic heterocycles. The fourth-order valence-electron chi connectivity index (χ4n) is 1.28. The number of nitrogens with zero attached hydrogens (tertiary/aromatic N) is 2. The molecule has 0 unspecified atom stereocenters. The van der Waals surface area contributed by atoms with Crippen LogP contribution in [0, 0.1) is 0 Å². The molecule has 0 saturated heterocycles. The first-order valence-electron chi connectivity index (χ1n) is 5.47. The van der Waals surface area contributed by atoms with Gasteiger partial charge in [0.25, 0.3) is 0 Å². The van der Waals surface area contributed by atoms with Crippen LogP contribution in [0.2, 0.25) is 0 Å². The monoisotopic (exact) mass is 274 g/mol. The summed E-state index contributed by atoms with van der Waals surface area (Å²) in [5.74, 6) is 0. The van der Waals surface area contributed by atoms with Crippen LogP contribution >= 0.6 is 15.9 Å². The van der Waals surface area contributed by atoms with Crippen molar-refractivity contribution in [2.45, 2.75) is 52.9 Å². The van der Waals surface area contributed by atoms with Gasteiger partial charge in [-0.05, 0) is 36.2 Å². The van der Waals surface area contributed by atoms with Gasteiger partial charge in [-0.3, -0.25) is 4.68 Å². The summed E-state index contributed by atoms with van der Waals surface area (Å²) in [6.07, 6.45) is 4.44. The van der Waals surface area contributed by atoms with E-state index in [1.807, 2.05) is 24.7 Å². The molecular weight excluding hydrogens is 256 g/mol. The normalized spacial score (nSPS) is 11.3. The second-order valence-electron chi connectivity index (χ2n) is 3.88. The average molecular weight is 275 g/mol. The van der Waals surface area contributed by atoms with Crippen molar-refractivity contribution in [3.63, 3.8) is 0 Å². The number of unbranched alkanes of at least 4 members (excludes halogenated alkanes) is 1. The van der Waals surface area contributed by atoms with Gasteiger partial charge in [-0.15, -0.1) is 0 Å². The Morgan fingerprint density at radius 2 is 2.27 bits per heavy atom. The van der Waals surface area contributed by atoms with Crippen LogP contribution in [0.25, 0.3) is 0 Å². The molecule has 0 bridgehead atoms. The van der Waals surface area contributed by atoms with E-state index in [9.17, 15) is 0 Å². The Kier molecular flexibility index (Phi) is 5.32. The summed E-state index contributed by atoms with van der Waals surface area (Å²) in [5, 5.41) is 4.32. The van der Waals surface area contributed by atoms with Crippen LogP contribution in [-0.2, 0) is 17.9 Å². The molecule has 3 nitrogen and oxygen atoms in total. The Morgan fingerprint density at radius 1 is 1.53 bits per heavy atom. The number of ether oxygens (including phenoxy) is 1. The SMILES string of the molecule is CCCCn1ncc(Br)c1COC(C)C. The van der Waals surface area contributed by atoms with Gasteiger partial charge < -0.3 is 4.74 Å². The van der Waals surface area contributed by atoms with Gasteiger partial charge in [0.1, 0.15) is 0 Å². The smallest absolute Gasteiger partial charge is 0.0899 e. The van der Waals surface area contributed by atoms with Gasteiger partial charge >= 0.3 is 0 Å². The van der Waals surface area contributed by atoms with Crippen LogP contribution in [-0.4, -0.2) is 15.9 Å². The van der Waals surface area contributed by atoms with Crippen molar-refractivity contribution in [1.29, 1.82) is 0 Å². The molecule has 0 atom stereocenters. The van der Waals surface area contributed by atoms with Crippen molar-refractivity contribution in [3.05, 3.63) is 16.4 Å². The number of halogens is 1. The highest BCUT2D eigenvalue weighted by molar-refractivity contribution is 9.10. The molecule has 1 aromatic rings. The van der Waals surface area contributed by atoms with E-state index in [1.165, 1.54) is 6.42 Å². The zero-order valence-electron chi connectivity index (χ0n) is 9.66. The molecule has 4 heteroatoms. The zero-order valence-corrected chi connectivity index (χ0v) is 11.2. The highest BCUT2D eigenvalue weighted by Gasteiger charge is 2.09. The summed E-state index contributed by atoms with van der Waals surface area (Å²) in [4.78, 5) is 0. The minimum Gasteiger partial charge on any atom is -0.372 e. The van der Waals surface area contributed by atoms with E-state index in [1.54, 1.807) is 0 Å². The summed E-state index contributed by atoms with van der Waals surface area (Å²) in [7, 11) is 0. The predicted octanol–water partition coefficient (Wildman–Crippen LogP) is 3.37. The maximum atomic E-state index is 5.60. The lowest BCUT2D eigenvalue weighted by molar-refractivity contribution is 0.0606. The molecule has 1 aromatic heterocycles. The molecule has 0 saturated carbocycles. The Bertz CT molecular complexity index is 297. The quantitative estimate of drug-likeness (QED) is 0.795. The first kappa shape index (κ1) is 12.7.